The highest BCUT2D eigenvalue weighted by molar-refractivity contribution is 6.31. The summed E-state index contributed by atoms with van der Waals surface area (Å²) in [5.41, 5.74) is 2.77. The van der Waals surface area contributed by atoms with Crippen LogP contribution in [0.1, 0.15) is 15.9 Å². The maximum Gasteiger partial charge on any atom is 0.264 e. The van der Waals surface area contributed by atoms with Gasteiger partial charge in [0.1, 0.15) is 12.1 Å². The van der Waals surface area contributed by atoms with E-state index in [-0.39, 0.29) is 24.2 Å². The summed E-state index contributed by atoms with van der Waals surface area (Å²) in [7, 11) is 0. The molecule has 1 aromatic heterocycles. The van der Waals surface area contributed by atoms with E-state index in [0.717, 1.165) is 17.7 Å². The molecular weight excluding hydrogens is 390 g/mol. The number of para-hydroxylation sites is 1. The molecule has 0 atom stereocenters. The third-order valence-corrected chi connectivity index (χ3v) is 5.38. The second-order valence-electron chi connectivity index (χ2n) is 6.89. The molecule has 0 saturated heterocycles. The van der Waals surface area contributed by atoms with Crippen LogP contribution in [0.15, 0.2) is 60.8 Å². The molecule has 0 unspecified atom stereocenters. The SMILES string of the molecule is O=C(CN1C(=O)c2cccnc2Oc2ccc(Cl)cc21)N1CCc2ccccc21. The van der Waals surface area contributed by atoms with E-state index in [1.807, 2.05) is 24.3 Å². The van der Waals surface area contributed by atoms with Crippen molar-refractivity contribution in [3.63, 3.8) is 0 Å². The molecule has 3 heterocycles. The average molecular weight is 406 g/mol. The number of rotatable bonds is 2. The first kappa shape index (κ1) is 17.7. The molecule has 0 N–H and O–H groups in total. The lowest BCUT2D eigenvalue weighted by Crippen LogP contribution is -2.42. The highest BCUT2D eigenvalue weighted by Crippen LogP contribution is 2.39. The highest BCUT2D eigenvalue weighted by Gasteiger charge is 2.33. The molecule has 2 aromatic carbocycles. The van der Waals surface area contributed by atoms with Crippen LogP contribution in [0.3, 0.4) is 0 Å². The van der Waals surface area contributed by atoms with Gasteiger partial charge in [-0.2, -0.15) is 0 Å². The van der Waals surface area contributed by atoms with Crippen LogP contribution in [-0.4, -0.2) is 29.9 Å². The van der Waals surface area contributed by atoms with Gasteiger partial charge in [-0.15, -0.1) is 0 Å². The van der Waals surface area contributed by atoms with Crippen LogP contribution in [0, 0.1) is 0 Å². The predicted octanol–water partition coefficient (Wildman–Crippen LogP) is 4.08. The summed E-state index contributed by atoms with van der Waals surface area (Å²) in [4.78, 5) is 33.8. The van der Waals surface area contributed by atoms with Crippen molar-refractivity contribution < 1.29 is 14.3 Å². The fourth-order valence-electron chi connectivity index (χ4n) is 3.76. The maximum atomic E-state index is 13.3. The molecule has 2 amide bonds. The Morgan fingerprint density at radius 3 is 2.86 bits per heavy atom. The lowest BCUT2D eigenvalue weighted by Gasteiger charge is -2.25. The van der Waals surface area contributed by atoms with Crippen LogP contribution in [0.25, 0.3) is 0 Å². The monoisotopic (exact) mass is 405 g/mol. The zero-order valence-electron chi connectivity index (χ0n) is 15.3. The third kappa shape index (κ3) is 3.02. The van der Waals surface area contributed by atoms with Crippen LogP contribution in [0.5, 0.6) is 11.6 Å². The summed E-state index contributed by atoms with van der Waals surface area (Å²) in [6.45, 7) is 0.468. The number of anilines is 2. The molecule has 29 heavy (non-hydrogen) atoms. The highest BCUT2D eigenvalue weighted by atomic mass is 35.5. The number of carbonyl (C=O) groups is 2. The van der Waals surface area contributed by atoms with Gasteiger partial charge in [-0.3, -0.25) is 14.5 Å². The Labute approximate surface area is 172 Å². The van der Waals surface area contributed by atoms with E-state index in [0.29, 0.717) is 28.6 Å². The number of hydrogen-bond acceptors (Lipinski definition) is 4. The molecule has 5 rings (SSSR count). The zero-order chi connectivity index (χ0) is 20.0. The molecule has 0 fully saturated rings. The van der Waals surface area contributed by atoms with Crippen molar-refractivity contribution in [1.29, 1.82) is 0 Å². The lowest BCUT2D eigenvalue weighted by atomic mass is 10.2. The summed E-state index contributed by atoms with van der Waals surface area (Å²) >= 11 is 6.18. The largest absolute Gasteiger partial charge is 0.436 e. The van der Waals surface area contributed by atoms with Crippen LogP contribution in [0.2, 0.25) is 5.02 Å². The maximum absolute atomic E-state index is 13.3. The first-order chi connectivity index (χ1) is 14.1. The number of nitrogens with zero attached hydrogens (tertiary/aromatic N) is 3. The molecule has 0 aliphatic carbocycles. The van der Waals surface area contributed by atoms with E-state index >= 15 is 0 Å². The molecular formula is C22H16ClN3O3. The van der Waals surface area contributed by atoms with Gasteiger partial charge in [-0.1, -0.05) is 29.8 Å². The van der Waals surface area contributed by atoms with Gasteiger partial charge in [0.25, 0.3) is 5.91 Å². The van der Waals surface area contributed by atoms with E-state index in [1.165, 1.54) is 4.90 Å². The molecule has 0 spiro atoms. The summed E-state index contributed by atoms with van der Waals surface area (Å²) in [6.07, 6.45) is 2.36. The van der Waals surface area contributed by atoms with Crippen molar-refractivity contribution in [2.24, 2.45) is 0 Å². The minimum absolute atomic E-state index is 0.127. The first-order valence-electron chi connectivity index (χ1n) is 9.24. The van der Waals surface area contributed by atoms with Crippen molar-refractivity contribution in [3.05, 3.63) is 76.9 Å². The summed E-state index contributed by atoms with van der Waals surface area (Å²) in [6, 6.07) is 16.1. The second-order valence-corrected chi connectivity index (χ2v) is 7.32. The quantitative estimate of drug-likeness (QED) is 0.644. The predicted molar refractivity (Wildman–Crippen MR) is 110 cm³/mol. The molecule has 0 saturated carbocycles. The zero-order valence-corrected chi connectivity index (χ0v) is 16.1. The van der Waals surface area contributed by atoms with Crippen LogP contribution < -0.4 is 14.5 Å². The normalized spacial score (nSPS) is 14.6. The van der Waals surface area contributed by atoms with Gasteiger partial charge in [0.15, 0.2) is 5.75 Å². The molecule has 7 heteroatoms. The Morgan fingerprint density at radius 1 is 1.10 bits per heavy atom. The number of halogens is 1. The van der Waals surface area contributed by atoms with E-state index in [9.17, 15) is 9.59 Å². The average Bonchev–Trinajstić information content (AvgIpc) is 3.13. The van der Waals surface area contributed by atoms with Crippen molar-refractivity contribution >= 4 is 34.8 Å². The number of carbonyl (C=O) groups excluding carboxylic acids is 2. The molecule has 0 bridgehead atoms. The number of fused-ring (bicyclic) bond motifs is 3. The molecule has 2 aliphatic heterocycles. The van der Waals surface area contributed by atoms with Gasteiger partial charge in [0, 0.05) is 23.5 Å². The van der Waals surface area contributed by atoms with Crippen LogP contribution in [-0.2, 0) is 11.2 Å². The van der Waals surface area contributed by atoms with E-state index in [2.05, 4.69) is 4.98 Å². The standard InChI is InChI=1S/C22H16ClN3O3/c23-15-7-8-19-18(12-15)26(22(28)16-5-3-10-24-21(16)29-19)13-20(27)25-11-9-14-4-1-2-6-17(14)25/h1-8,10,12H,9,11,13H2. The fraction of sp³-hybridized carbons (Fsp3) is 0.136. The van der Waals surface area contributed by atoms with Crippen molar-refractivity contribution in [3.8, 4) is 11.6 Å². The smallest absolute Gasteiger partial charge is 0.264 e. The number of amides is 2. The van der Waals surface area contributed by atoms with Gasteiger partial charge < -0.3 is 9.64 Å². The Balaban J connectivity index is 1.54. The Morgan fingerprint density at radius 2 is 1.97 bits per heavy atom. The Bertz CT molecular complexity index is 1150. The van der Waals surface area contributed by atoms with Gasteiger partial charge in [-0.25, -0.2) is 4.98 Å². The van der Waals surface area contributed by atoms with Crippen molar-refractivity contribution in [2.45, 2.75) is 6.42 Å². The number of hydrogen-bond donors (Lipinski definition) is 0. The third-order valence-electron chi connectivity index (χ3n) is 5.15. The van der Waals surface area contributed by atoms with Gasteiger partial charge in [-0.05, 0) is 48.4 Å². The van der Waals surface area contributed by atoms with E-state index in [4.69, 9.17) is 16.3 Å². The number of benzene rings is 2. The molecule has 144 valence electrons. The molecule has 6 nitrogen and oxygen atoms in total. The number of ether oxygens (including phenoxy) is 1. The molecule has 3 aromatic rings. The minimum Gasteiger partial charge on any atom is -0.436 e. The molecule has 0 radical (unpaired) electrons. The second kappa shape index (κ2) is 6.90. The Kier molecular flexibility index (Phi) is 4.21. The number of pyridine rings is 1. The topological polar surface area (TPSA) is 62.7 Å². The first-order valence-corrected chi connectivity index (χ1v) is 9.62. The van der Waals surface area contributed by atoms with Crippen molar-refractivity contribution in [2.75, 3.05) is 22.9 Å². The fourth-order valence-corrected chi connectivity index (χ4v) is 3.92. The summed E-state index contributed by atoms with van der Waals surface area (Å²) in [5.74, 6) is 0.119. The van der Waals surface area contributed by atoms with Gasteiger partial charge in [0.05, 0.1) is 5.69 Å². The lowest BCUT2D eigenvalue weighted by molar-refractivity contribution is -0.117. The summed E-state index contributed by atoms with van der Waals surface area (Å²) in [5, 5.41) is 0.447. The van der Waals surface area contributed by atoms with Gasteiger partial charge >= 0.3 is 0 Å². The van der Waals surface area contributed by atoms with E-state index < -0.39 is 0 Å². The van der Waals surface area contributed by atoms with Crippen molar-refractivity contribution in [1.82, 2.24) is 4.98 Å². The van der Waals surface area contributed by atoms with Gasteiger partial charge in [0.2, 0.25) is 11.8 Å². The molecule has 2 aliphatic rings. The number of aromatic nitrogens is 1. The summed E-state index contributed by atoms with van der Waals surface area (Å²) < 4.78 is 5.86. The van der Waals surface area contributed by atoms with E-state index in [1.54, 1.807) is 41.4 Å². The van der Waals surface area contributed by atoms with Crippen LogP contribution >= 0.6 is 11.6 Å². The Hall–Kier alpha value is -3.38. The van der Waals surface area contributed by atoms with Crippen LogP contribution in [0.4, 0.5) is 11.4 Å². The minimum atomic E-state index is -0.352.